The predicted molar refractivity (Wildman–Crippen MR) is 73.5 cm³/mol. The van der Waals surface area contributed by atoms with Crippen LogP contribution >= 0.6 is 11.6 Å². The third-order valence-electron chi connectivity index (χ3n) is 2.29. The summed E-state index contributed by atoms with van der Waals surface area (Å²) in [6, 6.07) is 0. The largest absolute Gasteiger partial charge is 0.461 e. The Hall–Kier alpha value is -1.09. The van der Waals surface area contributed by atoms with E-state index in [0.29, 0.717) is 0 Å². The molecule has 0 rings (SSSR count). The molecule has 0 radical (unpaired) electrons. The van der Waals surface area contributed by atoms with E-state index in [1.165, 1.54) is 11.1 Å². The van der Waals surface area contributed by atoms with Crippen molar-refractivity contribution in [2.45, 2.75) is 46.5 Å². The monoisotopic (exact) mass is 272 g/mol. The Morgan fingerprint density at radius 2 is 1.72 bits per heavy atom. The van der Waals surface area contributed by atoms with E-state index in [-0.39, 0.29) is 19.4 Å². The van der Waals surface area contributed by atoms with Gasteiger partial charge in [0, 0.05) is 6.42 Å². The van der Waals surface area contributed by atoms with E-state index in [2.05, 4.69) is 19.9 Å². The van der Waals surface area contributed by atoms with Gasteiger partial charge in [-0.1, -0.05) is 17.2 Å². The molecule has 0 amide bonds. The second-order valence-electron chi connectivity index (χ2n) is 4.41. The zero-order valence-electron chi connectivity index (χ0n) is 11.3. The SMILES string of the molecule is CC(C)=CCC/C(C)=C/COC(=O)CCC(=O)Cl. The van der Waals surface area contributed by atoms with Gasteiger partial charge in [-0.25, -0.2) is 0 Å². The Labute approximate surface area is 114 Å². The van der Waals surface area contributed by atoms with Crippen molar-refractivity contribution in [1.29, 1.82) is 0 Å². The zero-order chi connectivity index (χ0) is 14.0. The Balaban J connectivity index is 3.76. The molecule has 0 unspecified atom stereocenters. The molecule has 0 bridgehead atoms. The van der Waals surface area contributed by atoms with Crippen LogP contribution in [0.5, 0.6) is 0 Å². The molecule has 0 aromatic rings. The zero-order valence-corrected chi connectivity index (χ0v) is 12.0. The number of halogens is 1. The van der Waals surface area contributed by atoms with Gasteiger partial charge >= 0.3 is 5.97 Å². The maximum Gasteiger partial charge on any atom is 0.306 e. The summed E-state index contributed by atoms with van der Waals surface area (Å²) < 4.78 is 4.95. The molecule has 0 N–H and O–H groups in total. The van der Waals surface area contributed by atoms with Crippen LogP contribution in [0.3, 0.4) is 0 Å². The second-order valence-corrected chi connectivity index (χ2v) is 4.83. The molecular formula is C14H21ClO3. The highest BCUT2D eigenvalue weighted by Crippen LogP contribution is 2.06. The lowest BCUT2D eigenvalue weighted by Crippen LogP contribution is -2.06. The average molecular weight is 273 g/mol. The van der Waals surface area contributed by atoms with Crippen LogP contribution in [-0.2, 0) is 14.3 Å². The topological polar surface area (TPSA) is 43.4 Å². The third kappa shape index (κ3) is 11.4. The first-order valence-corrected chi connectivity index (χ1v) is 6.42. The van der Waals surface area contributed by atoms with Gasteiger partial charge in [-0.15, -0.1) is 0 Å². The van der Waals surface area contributed by atoms with Gasteiger partial charge in [0.05, 0.1) is 6.42 Å². The molecule has 0 spiro atoms. The van der Waals surface area contributed by atoms with Gasteiger partial charge in [-0.2, -0.15) is 0 Å². The highest BCUT2D eigenvalue weighted by molar-refractivity contribution is 6.63. The summed E-state index contributed by atoms with van der Waals surface area (Å²) in [6.07, 6.45) is 6.10. The normalized spacial score (nSPS) is 11.0. The maximum absolute atomic E-state index is 11.2. The summed E-state index contributed by atoms with van der Waals surface area (Å²) >= 11 is 5.12. The summed E-state index contributed by atoms with van der Waals surface area (Å²) in [5.41, 5.74) is 2.49. The number of carbonyl (C=O) groups is 2. The van der Waals surface area contributed by atoms with Gasteiger partial charge in [0.1, 0.15) is 6.61 Å². The lowest BCUT2D eigenvalue weighted by Gasteiger charge is -2.02. The van der Waals surface area contributed by atoms with Crippen molar-refractivity contribution in [3.05, 3.63) is 23.3 Å². The van der Waals surface area contributed by atoms with Crippen LogP contribution in [0.4, 0.5) is 0 Å². The van der Waals surface area contributed by atoms with Crippen LogP contribution < -0.4 is 0 Å². The minimum Gasteiger partial charge on any atom is -0.461 e. The summed E-state index contributed by atoms with van der Waals surface area (Å²) in [5.74, 6) is -0.391. The molecule has 0 saturated heterocycles. The lowest BCUT2D eigenvalue weighted by molar-refractivity contribution is -0.143. The Bertz CT molecular complexity index is 339. The lowest BCUT2D eigenvalue weighted by atomic mass is 10.1. The number of ether oxygens (including phenoxy) is 1. The molecule has 0 aliphatic carbocycles. The molecule has 102 valence electrons. The molecule has 0 saturated carbocycles. The fourth-order valence-electron chi connectivity index (χ4n) is 1.24. The highest BCUT2D eigenvalue weighted by atomic mass is 35.5. The minimum absolute atomic E-state index is 0.0314. The molecule has 4 heteroatoms. The van der Waals surface area contributed by atoms with Crippen molar-refractivity contribution in [2.75, 3.05) is 6.61 Å². The van der Waals surface area contributed by atoms with E-state index >= 15 is 0 Å². The van der Waals surface area contributed by atoms with Crippen LogP contribution in [0.25, 0.3) is 0 Å². The molecule has 3 nitrogen and oxygen atoms in total. The minimum atomic E-state index is -0.514. The van der Waals surface area contributed by atoms with Gasteiger partial charge in [-0.3, -0.25) is 9.59 Å². The van der Waals surface area contributed by atoms with E-state index in [1.807, 2.05) is 13.0 Å². The summed E-state index contributed by atoms with van der Waals surface area (Å²) in [4.78, 5) is 21.6. The molecule has 0 heterocycles. The molecule has 0 fully saturated rings. The van der Waals surface area contributed by atoms with E-state index in [4.69, 9.17) is 16.3 Å². The first-order chi connectivity index (χ1) is 8.41. The van der Waals surface area contributed by atoms with Crippen LogP contribution in [0.2, 0.25) is 0 Å². The van der Waals surface area contributed by atoms with E-state index in [1.54, 1.807) is 0 Å². The van der Waals surface area contributed by atoms with Crippen molar-refractivity contribution in [3.8, 4) is 0 Å². The molecule has 0 aliphatic heterocycles. The summed E-state index contributed by atoms with van der Waals surface area (Å²) in [5, 5.41) is -0.514. The number of carbonyl (C=O) groups excluding carboxylic acids is 2. The van der Waals surface area contributed by atoms with E-state index in [9.17, 15) is 9.59 Å². The van der Waals surface area contributed by atoms with E-state index < -0.39 is 11.2 Å². The fraction of sp³-hybridized carbons (Fsp3) is 0.571. The number of allylic oxidation sites excluding steroid dienone is 3. The quantitative estimate of drug-likeness (QED) is 0.384. The van der Waals surface area contributed by atoms with Crippen molar-refractivity contribution < 1.29 is 14.3 Å². The van der Waals surface area contributed by atoms with E-state index in [0.717, 1.165) is 12.8 Å². The number of rotatable bonds is 8. The highest BCUT2D eigenvalue weighted by Gasteiger charge is 2.04. The molecule has 18 heavy (non-hydrogen) atoms. The average Bonchev–Trinajstić information content (AvgIpc) is 2.25. The van der Waals surface area contributed by atoms with Gasteiger partial charge < -0.3 is 4.74 Å². The van der Waals surface area contributed by atoms with Gasteiger partial charge in [0.2, 0.25) is 5.24 Å². The molecule has 0 aromatic carbocycles. The van der Waals surface area contributed by atoms with Crippen LogP contribution in [-0.4, -0.2) is 17.8 Å². The summed E-state index contributed by atoms with van der Waals surface area (Å²) in [6.45, 7) is 6.41. The van der Waals surface area contributed by atoms with Gasteiger partial charge in [-0.05, 0) is 51.3 Å². The Morgan fingerprint density at radius 3 is 2.28 bits per heavy atom. The molecule has 0 atom stereocenters. The molecule has 0 aliphatic rings. The first kappa shape index (κ1) is 16.9. The Kier molecular flexibility index (Phi) is 9.29. The van der Waals surface area contributed by atoms with Crippen molar-refractivity contribution in [3.63, 3.8) is 0 Å². The fourth-order valence-corrected chi connectivity index (χ4v) is 1.33. The molecular weight excluding hydrogens is 252 g/mol. The number of hydrogen-bond donors (Lipinski definition) is 0. The van der Waals surface area contributed by atoms with Crippen LogP contribution in [0.15, 0.2) is 23.3 Å². The van der Waals surface area contributed by atoms with Crippen molar-refractivity contribution >= 4 is 22.8 Å². The Morgan fingerprint density at radius 1 is 1.06 bits per heavy atom. The third-order valence-corrected chi connectivity index (χ3v) is 2.48. The summed E-state index contributed by atoms with van der Waals surface area (Å²) in [7, 11) is 0. The standard InChI is InChI=1S/C14H21ClO3/c1-11(2)5-4-6-12(3)9-10-18-14(17)8-7-13(15)16/h5,9H,4,6-8,10H2,1-3H3/b12-9+. The van der Waals surface area contributed by atoms with Crippen molar-refractivity contribution in [1.82, 2.24) is 0 Å². The van der Waals surface area contributed by atoms with Crippen LogP contribution in [0, 0.1) is 0 Å². The van der Waals surface area contributed by atoms with Crippen LogP contribution in [0.1, 0.15) is 46.5 Å². The van der Waals surface area contributed by atoms with Gasteiger partial charge in [0.15, 0.2) is 0 Å². The smallest absolute Gasteiger partial charge is 0.306 e. The van der Waals surface area contributed by atoms with Gasteiger partial charge in [0.25, 0.3) is 0 Å². The molecule has 0 aromatic heterocycles. The van der Waals surface area contributed by atoms with Crippen molar-refractivity contribution in [2.24, 2.45) is 0 Å². The second kappa shape index (κ2) is 9.89. The predicted octanol–water partition coefficient (Wildman–Crippen LogP) is 3.77. The maximum atomic E-state index is 11.2. The first-order valence-electron chi connectivity index (χ1n) is 6.04. The number of esters is 1. The number of hydrogen-bond acceptors (Lipinski definition) is 3.